The van der Waals surface area contributed by atoms with Crippen LogP contribution < -0.4 is 37.2 Å². The second kappa shape index (κ2) is 23.4. The zero-order valence-electron chi connectivity index (χ0n) is 46.1. The standard InChI is InChI=1S/C58H79N9O6S4/c1-30-24-35(61-51(70)40-26-34-15-11-13-17-37(34)47(40)65-52(71)49-58(6,7)29-46-67(49)56(73)43(21-23-77-46)64-54(75)32(3)60-9)18-19-41(30)62-50(69)39-25-33-14-10-12-16-36(33)38(39)27-44(68)48-57(4,5)28-45-66(48)55(72)42(20-22-76-45)63-53(74)31(2)59-8/h10-17,31-32,35,38-40,42-43,45-49,59-60H,18-29H2,1-9H3,(H,61,70)(H,62,69)(H,63,74)(H,64,75)(H,65,71)/t31-,32-,35-,38-,39+,40+,42-,43-,45-,46-,47-,48+,49+/m0/s1. The first-order valence-electron chi connectivity index (χ1n) is 27.7. The first kappa shape index (κ1) is 57.3. The molecule has 0 spiro atoms. The third-order valence-corrected chi connectivity index (χ3v) is 21.3. The number of nitrogens with one attached hydrogen (secondary N) is 7. The summed E-state index contributed by atoms with van der Waals surface area (Å²) in [5, 5.41) is 22.6. The Morgan fingerprint density at radius 3 is 1.75 bits per heavy atom. The second-order valence-corrected chi connectivity index (χ2v) is 27.5. The summed E-state index contributed by atoms with van der Waals surface area (Å²) in [7, 11) is 3.66. The molecular weight excluding hydrogens is 1050 g/mol. The van der Waals surface area contributed by atoms with Gasteiger partial charge in [-0.2, -0.15) is 0 Å². The van der Waals surface area contributed by atoms with Crippen molar-refractivity contribution < 1.29 is 28.8 Å². The number of carbonyl (C=O) groups is 6. The van der Waals surface area contributed by atoms with E-state index in [1.165, 1.54) is 0 Å². The first-order valence-corrected chi connectivity index (χ1v) is 30.6. The lowest BCUT2D eigenvalue weighted by Gasteiger charge is -2.36. The highest BCUT2D eigenvalue weighted by molar-refractivity contribution is 8.00. The zero-order valence-corrected chi connectivity index (χ0v) is 49.4. The molecule has 2 aromatic carbocycles. The predicted molar refractivity (Wildman–Crippen MR) is 313 cm³/mol. The quantitative estimate of drug-likeness (QED) is 0.103. The van der Waals surface area contributed by atoms with Gasteiger partial charge in [0.05, 0.1) is 50.8 Å². The number of likely N-dealkylation sites (N-methyl/N-ethyl adjacent to an activating group) is 2. The van der Waals surface area contributed by atoms with Gasteiger partial charge in [-0.1, -0.05) is 106 Å². The molecular formula is C58H79N9O6S4. The smallest absolute Gasteiger partial charge is 0.246 e. The molecule has 9 rings (SSSR count). The van der Waals surface area contributed by atoms with Gasteiger partial charge >= 0.3 is 0 Å². The number of allylic oxidation sites excluding steroid dienone is 1. The Labute approximate surface area is 474 Å². The predicted octanol–water partition coefficient (Wildman–Crippen LogP) is 5.96. The largest absolute Gasteiger partial charge is 0.367 e. The SMILES string of the molecule is CN[C@@H](C)C(=S)N[C@H]1CCS[C@H]2CC(C)(C)[C@@H](C(=O)C[C@H]3c4ccccc4C[C@H]3C(=O)NC3=C(C)C[C@@H](NC(=O)[C@@H]4Cc5ccccc5[C@@H]4NC(=O)[C@H]4N5C(=O)[C@@H](NC(=S)[C@H](C)NC)CCS[C@H]5CC4(C)C)CC3)N2C1=O. The first-order chi connectivity index (χ1) is 36.6. The van der Waals surface area contributed by atoms with Crippen molar-refractivity contribution in [1.82, 2.24) is 47.0 Å². The minimum Gasteiger partial charge on any atom is -0.367 e. The summed E-state index contributed by atoms with van der Waals surface area (Å²) in [5.41, 5.74) is 4.79. The summed E-state index contributed by atoms with van der Waals surface area (Å²) in [6, 6.07) is 12.4. The fourth-order valence-electron chi connectivity index (χ4n) is 13.4. The summed E-state index contributed by atoms with van der Waals surface area (Å²) in [6.07, 6.45) is 5.35. The average Bonchev–Trinajstić information content (AvgIpc) is 4.11. The molecule has 4 aliphatic heterocycles. The third kappa shape index (κ3) is 11.6. The van der Waals surface area contributed by atoms with Gasteiger partial charge in [-0.25, -0.2) is 0 Å². The van der Waals surface area contributed by atoms with Crippen LogP contribution in [0.3, 0.4) is 0 Å². The van der Waals surface area contributed by atoms with Crippen LogP contribution in [0.5, 0.6) is 0 Å². The van der Waals surface area contributed by atoms with E-state index in [1.807, 2.05) is 102 Å². The molecule has 5 amide bonds. The second-order valence-electron chi connectivity index (χ2n) is 24.0. The summed E-state index contributed by atoms with van der Waals surface area (Å²) in [5.74, 6) is -0.707. The Morgan fingerprint density at radius 2 is 1.18 bits per heavy atom. The van der Waals surface area contributed by atoms with Crippen molar-refractivity contribution in [3.05, 3.63) is 82.1 Å². The normalized spacial score (nSPS) is 30.9. The number of thiocarbonyl (C=S) groups is 2. The molecule has 19 heteroatoms. The van der Waals surface area contributed by atoms with E-state index in [4.69, 9.17) is 24.4 Å². The summed E-state index contributed by atoms with van der Waals surface area (Å²) in [4.78, 5) is 92.6. The molecule has 0 radical (unpaired) electrons. The van der Waals surface area contributed by atoms with Gasteiger partial charge in [0.15, 0.2) is 5.78 Å². The monoisotopic (exact) mass is 1130 g/mol. The third-order valence-electron chi connectivity index (χ3n) is 17.9. The topological polar surface area (TPSA) is 193 Å². The Morgan fingerprint density at radius 1 is 0.662 bits per heavy atom. The molecule has 15 nitrogen and oxygen atoms in total. The maximum atomic E-state index is 14.9. The summed E-state index contributed by atoms with van der Waals surface area (Å²) >= 11 is 14.7. The molecule has 0 aromatic heterocycles. The molecule has 13 atom stereocenters. The highest BCUT2D eigenvalue weighted by Crippen LogP contribution is 2.50. The molecule has 3 aliphatic carbocycles. The van der Waals surface area contributed by atoms with Crippen molar-refractivity contribution in [3.8, 4) is 0 Å². The number of Topliss-reactive ketones (excluding diaryl/α,β-unsaturated/α-hetero) is 1. The van der Waals surface area contributed by atoms with Crippen LogP contribution >= 0.6 is 48.0 Å². The Balaban J connectivity index is 0.863. The van der Waals surface area contributed by atoms with Gasteiger partial charge < -0.3 is 47.0 Å². The minimum absolute atomic E-state index is 0.0264. The van der Waals surface area contributed by atoms with E-state index in [2.05, 4.69) is 51.1 Å². The number of fused-ring (bicyclic) bond motifs is 4. The van der Waals surface area contributed by atoms with Crippen LogP contribution in [0.1, 0.15) is 134 Å². The van der Waals surface area contributed by atoms with E-state index < -0.39 is 52.9 Å². The number of rotatable bonds is 15. The highest BCUT2D eigenvalue weighted by atomic mass is 32.2. The molecule has 4 heterocycles. The number of hydrogen-bond donors (Lipinski definition) is 7. The van der Waals surface area contributed by atoms with E-state index in [9.17, 15) is 28.8 Å². The van der Waals surface area contributed by atoms with E-state index in [-0.39, 0.29) is 76.5 Å². The number of hydrogen-bond acceptors (Lipinski definition) is 12. The van der Waals surface area contributed by atoms with Gasteiger partial charge in [0.1, 0.15) is 18.1 Å². The van der Waals surface area contributed by atoms with Gasteiger partial charge in [0, 0.05) is 30.0 Å². The Hall–Kier alpha value is -4.40. The van der Waals surface area contributed by atoms with Crippen LogP contribution in [0.2, 0.25) is 0 Å². The molecule has 0 saturated carbocycles. The number of amides is 5. The van der Waals surface area contributed by atoms with Crippen LogP contribution in [0.25, 0.3) is 0 Å². The molecule has 4 fully saturated rings. The number of benzene rings is 2. The average molecular weight is 1130 g/mol. The molecule has 7 aliphatic rings. The van der Waals surface area contributed by atoms with Gasteiger partial charge in [-0.15, -0.1) is 23.5 Å². The summed E-state index contributed by atoms with van der Waals surface area (Å²) in [6.45, 7) is 14.2. The molecule has 7 N–H and O–H groups in total. The van der Waals surface area contributed by atoms with Crippen LogP contribution in [-0.4, -0.2) is 134 Å². The van der Waals surface area contributed by atoms with Gasteiger partial charge in [0.2, 0.25) is 29.5 Å². The van der Waals surface area contributed by atoms with Crippen LogP contribution in [0.15, 0.2) is 59.8 Å². The fourth-order valence-corrected chi connectivity index (χ4v) is 17.1. The maximum Gasteiger partial charge on any atom is 0.246 e. The number of thioether (sulfide) groups is 2. The molecule has 77 heavy (non-hydrogen) atoms. The maximum absolute atomic E-state index is 14.9. The van der Waals surface area contributed by atoms with Crippen molar-refractivity contribution in [2.75, 3.05) is 25.6 Å². The lowest BCUT2D eigenvalue weighted by molar-refractivity contribution is -0.143. The van der Waals surface area contributed by atoms with E-state index in [1.54, 1.807) is 28.4 Å². The van der Waals surface area contributed by atoms with Gasteiger partial charge in [-0.3, -0.25) is 28.8 Å². The van der Waals surface area contributed by atoms with Crippen molar-refractivity contribution in [3.63, 3.8) is 0 Å². The van der Waals surface area contributed by atoms with Crippen molar-refractivity contribution in [1.29, 1.82) is 0 Å². The van der Waals surface area contributed by atoms with E-state index >= 15 is 0 Å². The van der Waals surface area contributed by atoms with Crippen molar-refractivity contribution in [2.45, 2.75) is 178 Å². The van der Waals surface area contributed by atoms with Crippen molar-refractivity contribution >= 4 is 93.3 Å². The van der Waals surface area contributed by atoms with Gasteiger partial charge in [0.25, 0.3) is 0 Å². The molecule has 416 valence electrons. The van der Waals surface area contributed by atoms with Crippen LogP contribution in [0.4, 0.5) is 0 Å². The number of nitrogens with zero attached hydrogens (tertiary/aromatic N) is 2. The zero-order chi connectivity index (χ0) is 55.2. The van der Waals surface area contributed by atoms with E-state index in [0.717, 1.165) is 45.0 Å². The highest BCUT2D eigenvalue weighted by Gasteiger charge is 2.57. The number of carbonyl (C=O) groups excluding carboxylic acids is 6. The molecule has 0 unspecified atom stereocenters. The van der Waals surface area contributed by atoms with Gasteiger partial charge in [-0.05, 0) is 137 Å². The lowest BCUT2D eigenvalue weighted by atomic mass is 9.78. The van der Waals surface area contributed by atoms with Crippen LogP contribution in [-0.2, 0) is 41.6 Å². The lowest BCUT2D eigenvalue weighted by Crippen LogP contribution is -2.58. The Bertz CT molecular complexity index is 2720. The Kier molecular flexibility index (Phi) is 17.4. The van der Waals surface area contributed by atoms with E-state index in [0.29, 0.717) is 67.8 Å². The molecule has 0 bridgehead atoms. The minimum atomic E-state index is -0.750. The number of ketones is 1. The fraction of sp³-hybridized carbons (Fsp3) is 0.621. The summed E-state index contributed by atoms with van der Waals surface area (Å²) < 4.78 is 0. The molecule has 2 aromatic rings. The molecule has 4 saturated heterocycles. The van der Waals surface area contributed by atoms with Crippen LogP contribution in [0, 0.1) is 22.7 Å². The van der Waals surface area contributed by atoms with Crippen molar-refractivity contribution in [2.24, 2.45) is 22.7 Å².